The standard InChI is InChI=1S/C17H21BrN2/c1-19-13-15-8-9-16(12-17(15)18)20(2)11-10-14-6-4-3-5-7-14/h3-9,12,19H,10-11,13H2,1-2H3. The molecule has 3 heteroatoms. The minimum Gasteiger partial charge on any atom is -0.374 e. The lowest BCUT2D eigenvalue weighted by atomic mass is 10.1. The van der Waals surface area contributed by atoms with Crippen molar-refractivity contribution < 1.29 is 0 Å². The van der Waals surface area contributed by atoms with E-state index in [0.29, 0.717) is 0 Å². The normalized spacial score (nSPS) is 10.6. The van der Waals surface area contributed by atoms with E-state index in [1.54, 1.807) is 0 Å². The number of nitrogens with zero attached hydrogens (tertiary/aromatic N) is 1. The van der Waals surface area contributed by atoms with Crippen molar-refractivity contribution in [3.8, 4) is 0 Å². The molecule has 0 aliphatic carbocycles. The van der Waals surface area contributed by atoms with Crippen molar-refractivity contribution in [3.63, 3.8) is 0 Å². The minimum atomic E-state index is 0.884. The van der Waals surface area contributed by atoms with Crippen LogP contribution in [0.25, 0.3) is 0 Å². The van der Waals surface area contributed by atoms with Crippen LogP contribution in [-0.4, -0.2) is 20.6 Å². The molecule has 0 bridgehead atoms. The van der Waals surface area contributed by atoms with Gasteiger partial charge in [-0.15, -0.1) is 0 Å². The summed E-state index contributed by atoms with van der Waals surface area (Å²) in [6, 6.07) is 17.2. The molecule has 0 aliphatic rings. The Kier molecular flexibility index (Phi) is 5.62. The van der Waals surface area contributed by atoms with E-state index in [1.807, 2.05) is 7.05 Å². The van der Waals surface area contributed by atoms with Gasteiger partial charge in [0.25, 0.3) is 0 Å². The number of anilines is 1. The van der Waals surface area contributed by atoms with E-state index in [2.05, 4.69) is 81.7 Å². The van der Waals surface area contributed by atoms with Crippen molar-refractivity contribution in [2.45, 2.75) is 13.0 Å². The number of nitrogens with one attached hydrogen (secondary N) is 1. The number of benzene rings is 2. The summed E-state index contributed by atoms with van der Waals surface area (Å²) in [6.07, 6.45) is 1.06. The van der Waals surface area contributed by atoms with Crippen LogP contribution in [0.1, 0.15) is 11.1 Å². The maximum Gasteiger partial charge on any atom is 0.0375 e. The molecule has 0 heterocycles. The molecule has 2 rings (SSSR count). The molecule has 0 spiro atoms. The quantitative estimate of drug-likeness (QED) is 0.864. The molecule has 20 heavy (non-hydrogen) atoms. The second-order valence-corrected chi connectivity index (χ2v) is 5.82. The predicted molar refractivity (Wildman–Crippen MR) is 90.3 cm³/mol. The average molecular weight is 333 g/mol. The summed E-state index contributed by atoms with van der Waals surface area (Å²) in [5.74, 6) is 0. The van der Waals surface area contributed by atoms with Crippen LogP contribution in [0.2, 0.25) is 0 Å². The zero-order chi connectivity index (χ0) is 14.4. The van der Waals surface area contributed by atoms with E-state index in [9.17, 15) is 0 Å². The Balaban J connectivity index is 1.98. The van der Waals surface area contributed by atoms with Gasteiger partial charge >= 0.3 is 0 Å². The molecular weight excluding hydrogens is 312 g/mol. The van der Waals surface area contributed by atoms with Crippen molar-refractivity contribution in [1.82, 2.24) is 5.32 Å². The van der Waals surface area contributed by atoms with Crippen LogP contribution < -0.4 is 10.2 Å². The Morgan fingerprint density at radius 3 is 2.50 bits per heavy atom. The minimum absolute atomic E-state index is 0.884. The second-order valence-electron chi connectivity index (χ2n) is 4.96. The van der Waals surface area contributed by atoms with Crippen LogP contribution >= 0.6 is 15.9 Å². The van der Waals surface area contributed by atoms with Gasteiger partial charge < -0.3 is 10.2 Å². The smallest absolute Gasteiger partial charge is 0.0375 e. The summed E-state index contributed by atoms with van der Waals surface area (Å²) in [7, 11) is 4.11. The molecule has 0 aromatic heterocycles. The van der Waals surface area contributed by atoms with Gasteiger partial charge in [-0.1, -0.05) is 52.3 Å². The molecule has 0 unspecified atom stereocenters. The Bertz CT molecular complexity index is 540. The van der Waals surface area contributed by atoms with Crippen LogP contribution in [0.3, 0.4) is 0 Å². The molecule has 0 fully saturated rings. The lowest BCUT2D eigenvalue weighted by Crippen LogP contribution is -2.20. The summed E-state index contributed by atoms with van der Waals surface area (Å²) < 4.78 is 1.16. The van der Waals surface area contributed by atoms with Crippen LogP contribution in [-0.2, 0) is 13.0 Å². The molecule has 2 aromatic rings. The number of hydrogen-bond acceptors (Lipinski definition) is 2. The van der Waals surface area contributed by atoms with E-state index < -0.39 is 0 Å². The molecule has 0 radical (unpaired) electrons. The predicted octanol–water partition coefficient (Wildman–Crippen LogP) is 3.85. The van der Waals surface area contributed by atoms with Gasteiger partial charge in [0.2, 0.25) is 0 Å². The first kappa shape index (κ1) is 15.1. The molecule has 1 N–H and O–H groups in total. The van der Waals surface area contributed by atoms with E-state index in [-0.39, 0.29) is 0 Å². The van der Waals surface area contributed by atoms with E-state index in [1.165, 1.54) is 16.8 Å². The maximum absolute atomic E-state index is 3.65. The lowest BCUT2D eigenvalue weighted by molar-refractivity contribution is 0.813. The highest BCUT2D eigenvalue weighted by molar-refractivity contribution is 9.10. The SMILES string of the molecule is CNCc1ccc(N(C)CCc2ccccc2)cc1Br. The van der Waals surface area contributed by atoms with Gasteiger partial charge in [0.15, 0.2) is 0 Å². The van der Waals surface area contributed by atoms with Crippen molar-refractivity contribution in [1.29, 1.82) is 0 Å². The molecule has 0 saturated heterocycles. The van der Waals surface area contributed by atoms with E-state index >= 15 is 0 Å². The first-order chi connectivity index (χ1) is 9.70. The van der Waals surface area contributed by atoms with Crippen LogP contribution in [0.4, 0.5) is 5.69 Å². The maximum atomic E-state index is 3.65. The van der Waals surface area contributed by atoms with Crippen molar-refractivity contribution in [2.24, 2.45) is 0 Å². The van der Waals surface area contributed by atoms with Gasteiger partial charge in [0.1, 0.15) is 0 Å². The van der Waals surface area contributed by atoms with E-state index in [0.717, 1.165) is 24.0 Å². The average Bonchev–Trinajstić information content (AvgIpc) is 2.48. The van der Waals surface area contributed by atoms with Gasteiger partial charge in [-0.25, -0.2) is 0 Å². The summed E-state index contributed by atoms with van der Waals surface area (Å²) in [6.45, 7) is 1.90. The second kappa shape index (κ2) is 7.46. The van der Waals surface area contributed by atoms with Crippen molar-refractivity contribution in [3.05, 3.63) is 64.1 Å². The van der Waals surface area contributed by atoms with Crippen molar-refractivity contribution >= 4 is 21.6 Å². The fraction of sp³-hybridized carbons (Fsp3) is 0.294. The molecule has 0 atom stereocenters. The first-order valence-corrected chi connectivity index (χ1v) is 7.68. The number of halogens is 1. The van der Waals surface area contributed by atoms with Gasteiger partial charge in [0.05, 0.1) is 0 Å². The highest BCUT2D eigenvalue weighted by Gasteiger charge is 2.05. The number of rotatable bonds is 6. The largest absolute Gasteiger partial charge is 0.374 e. The van der Waals surface area contributed by atoms with Crippen LogP contribution in [0.5, 0.6) is 0 Å². The van der Waals surface area contributed by atoms with Crippen molar-refractivity contribution in [2.75, 3.05) is 25.5 Å². The highest BCUT2D eigenvalue weighted by atomic mass is 79.9. The van der Waals surface area contributed by atoms with Gasteiger partial charge in [0, 0.05) is 30.3 Å². The van der Waals surface area contributed by atoms with Crippen LogP contribution in [0.15, 0.2) is 53.0 Å². The topological polar surface area (TPSA) is 15.3 Å². The zero-order valence-electron chi connectivity index (χ0n) is 12.1. The lowest BCUT2D eigenvalue weighted by Gasteiger charge is -2.20. The zero-order valence-corrected chi connectivity index (χ0v) is 13.7. The Morgan fingerprint density at radius 2 is 1.85 bits per heavy atom. The van der Waals surface area contributed by atoms with Crippen LogP contribution in [0, 0.1) is 0 Å². The van der Waals surface area contributed by atoms with Gasteiger partial charge in [-0.3, -0.25) is 0 Å². The Morgan fingerprint density at radius 1 is 1.10 bits per heavy atom. The third kappa shape index (κ3) is 4.09. The highest BCUT2D eigenvalue weighted by Crippen LogP contribution is 2.23. The number of likely N-dealkylation sites (N-methyl/N-ethyl adjacent to an activating group) is 1. The van der Waals surface area contributed by atoms with E-state index in [4.69, 9.17) is 0 Å². The molecule has 0 amide bonds. The van der Waals surface area contributed by atoms with Gasteiger partial charge in [-0.2, -0.15) is 0 Å². The fourth-order valence-electron chi connectivity index (χ4n) is 2.18. The fourth-order valence-corrected chi connectivity index (χ4v) is 2.68. The Hall–Kier alpha value is -1.32. The monoisotopic (exact) mass is 332 g/mol. The molecular formula is C17H21BrN2. The summed E-state index contributed by atoms with van der Waals surface area (Å²) in [5.41, 5.74) is 3.91. The summed E-state index contributed by atoms with van der Waals surface area (Å²) in [5, 5.41) is 3.18. The summed E-state index contributed by atoms with van der Waals surface area (Å²) >= 11 is 3.65. The number of hydrogen-bond donors (Lipinski definition) is 1. The molecule has 106 valence electrons. The van der Waals surface area contributed by atoms with Gasteiger partial charge in [-0.05, 0) is 36.7 Å². The Labute approximate surface area is 129 Å². The molecule has 2 aromatic carbocycles. The third-order valence-corrected chi connectivity index (χ3v) is 4.16. The summed E-state index contributed by atoms with van der Waals surface area (Å²) in [4.78, 5) is 2.29. The molecule has 0 aliphatic heterocycles. The third-order valence-electron chi connectivity index (χ3n) is 3.42. The first-order valence-electron chi connectivity index (χ1n) is 6.89. The molecule has 0 saturated carbocycles. The molecule has 2 nitrogen and oxygen atoms in total.